The third-order valence-electron chi connectivity index (χ3n) is 3.04. The number of hydrogen-bond donors (Lipinski definition) is 2. The normalized spacial score (nSPS) is 12.6. The topological polar surface area (TPSA) is 75.4 Å². The molecule has 1 unspecified atom stereocenters. The Bertz CT molecular complexity index is 603. The highest BCUT2D eigenvalue weighted by Gasteiger charge is 2.15. The maximum Gasteiger partial charge on any atom is 0.372 e. The van der Waals surface area contributed by atoms with Crippen molar-refractivity contribution in [1.29, 1.82) is 0 Å². The molecule has 2 N–H and O–H groups in total. The van der Waals surface area contributed by atoms with Crippen molar-refractivity contribution >= 4 is 17.3 Å². The fourth-order valence-electron chi connectivity index (χ4n) is 1.87. The van der Waals surface area contributed by atoms with Gasteiger partial charge in [-0.1, -0.05) is 6.92 Å². The lowest BCUT2D eigenvalue weighted by Gasteiger charge is -2.09. The number of carboxylic acid groups (broad SMARTS) is 1. The lowest BCUT2D eigenvalue weighted by molar-refractivity contribution is 0.0659. The van der Waals surface area contributed by atoms with Crippen LogP contribution in [0.25, 0.3) is 0 Å². The number of carboxylic acids is 1. The van der Waals surface area contributed by atoms with Gasteiger partial charge in [-0.05, 0) is 26.3 Å². The van der Waals surface area contributed by atoms with E-state index in [1.165, 1.54) is 4.88 Å². The third kappa shape index (κ3) is 3.26. The van der Waals surface area contributed by atoms with E-state index in [0.29, 0.717) is 17.9 Å². The molecular weight excluding hydrogens is 276 g/mol. The van der Waals surface area contributed by atoms with E-state index in [4.69, 9.17) is 9.52 Å². The van der Waals surface area contributed by atoms with Crippen molar-refractivity contribution in [3.8, 4) is 0 Å². The molecule has 0 bridgehead atoms. The summed E-state index contributed by atoms with van der Waals surface area (Å²) in [6.45, 7) is 6.35. The summed E-state index contributed by atoms with van der Waals surface area (Å²) in [4.78, 5) is 16.5. The van der Waals surface area contributed by atoms with E-state index >= 15 is 0 Å². The molecule has 2 aromatic rings. The van der Waals surface area contributed by atoms with Crippen LogP contribution in [0, 0.1) is 6.92 Å². The highest BCUT2D eigenvalue weighted by Crippen LogP contribution is 2.21. The molecule has 0 aliphatic rings. The number of furan rings is 1. The van der Waals surface area contributed by atoms with Crippen LogP contribution in [0.2, 0.25) is 0 Å². The molecule has 2 rings (SSSR count). The minimum atomic E-state index is -1.03. The predicted molar refractivity (Wildman–Crippen MR) is 77.2 cm³/mol. The fraction of sp³-hybridized carbons (Fsp3) is 0.429. The summed E-state index contributed by atoms with van der Waals surface area (Å²) in [5, 5.41) is 13.3. The molecule has 6 heteroatoms. The van der Waals surface area contributed by atoms with Gasteiger partial charge in [0.25, 0.3) is 0 Å². The molecule has 0 amide bonds. The number of aryl methyl sites for hydroxylation is 2. The Morgan fingerprint density at radius 3 is 2.90 bits per heavy atom. The smallest absolute Gasteiger partial charge is 0.372 e. The van der Waals surface area contributed by atoms with Crippen molar-refractivity contribution in [2.75, 3.05) is 0 Å². The van der Waals surface area contributed by atoms with E-state index in [1.54, 1.807) is 24.3 Å². The van der Waals surface area contributed by atoms with Gasteiger partial charge in [-0.25, -0.2) is 9.78 Å². The van der Waals surface area contributed by atoms with Crippen LogP contribution in [0.15, 0.2) is 16.7 Å². The van der Waals surface area contributed by atoms with Crippen molar-refractivity contribution in [2.45, 2.75) is 39.8 Å². The van der Waals surface area contributed by atoms with Crippen LogP contribution in [-0.2, 0) is 13.0 Å². The van der Waals surface area contributed by atoms with Gasteiger partial charge in [-0.3, -0.25) is 0 Å². The van der Waals surface area contributed by atoms with Crippen LogP contribution in [0.3, 0.4) is 0 Å². The SMILES string of the molecule is CCc1cnc(C(C)NCc2cc(C)c(C(=O)O)o2)s1. The second kappa shape index (κ2) is 6.19. The zero-order valence-electron chi connectivity index (χ0n) is 11.8. The van der Waals surface area contributed by atoms with E-state index in [1.807, 2.05) is 13.1 Å². The Morgan fingerprint density at radius 1 is 1.60 bits per heavy atom. The summed E-state index contributed by atoms with van der Waals surface area (Å²) in [5.74, 6) is -0.398. The van der Waals surface area contributed by atoms with Gasteiger partial charge in [-0.15, -0.1) is 11.3 Å². The monoisotopic (exact) mass is 294 g/mol. The maximum atomic E-state index is 10.9. The molecule has 2 heterocycles. The molecule has 0 spiro atoms. The molecule has 0 saturated heterocycles. The van der Waals surface area contributed by atoms with Crippen LogP contribution in [0.1, 0.15) is 51.7 Å². The number of nitrogens with one attached hydrogen (secondary N) is 1. The van der Waals surface area contributed by atoms with Crippen molar-refractivity contribution < 1.29 is 14.3 Å². The molecule has 20 heavy (non-hydrogen) atoms. The van der Waals surface area contributed by atoms with Gasteiger partial charge in [0.1, 0.15) is 10.8 Å². The molecule has 1 atom stereocenters. The molecule has 0 radical (unpaired) electrons. The Hall–Kier alpha value is -1.66. The zero-order valence-corrected chi connectivity index (χ0v) is 12.6. The molecule has 0 aromatic carbocycles. The van der Waals surface area contributed by atoms with Crippen molar-refractivity contribution in [3.05, 3.63) is 39.2 Å². The molecule has 5 nitrogen and oxygen atoms in total. The van der Waals surface area contributed by atoms with Gasteiger partial charge in [-0.2, -0.15) is 0 Å². The largest absolute Gasteiger partial charge is 0.475 e. The summed E-state index contributed by atoms with van der Waals surface area (Å²) < 4.78 is 5.31. The van der Waals surface area contributed by atoms with E-state index in [9.17, 15) is 4.79 Å². The van der Waals surface area contributed by atoms with E-state index < -0.39 is 5.97 Å². The average molecular weight is 294 g/mol. The summed E-state index contributed by atoms with van der Waals surface area (Å²) >= 11 is 1.69. The second-order valence-corrected chi connectivity index (χ2v) is 5.80. The maximum absolute atomic E-state index is 10.9. The van der Waals surface area contributed by atoms with E-state index in [-0.39, 0.29) is 11.8 Å². The molecule has 0 aliphatic heterocycles. The molecule has 0 aliphatic carbocycles. The van der Waals surface area contributed by atoms with Crippen LogP contribution in [0.4, 0.5) is 0 Å². The number of aromatic carboxylic acids is 1. The van der Waals surface area contributed by atoms with Gasteiger partial charge in [0.05, 0.1) is 12.6 Å². The summed E-state index contributed by atoms with van der Waals surface area (Å²) in [7, 11) is 0. The Balaban J connectivity index is 1.97. The highest BCUT2D eigenvalue weighted by atomic mass is 32.1. The lowest BCUT2D eigenvalue weighted by atomic mass is 10.2. The van der Waals surface area contributed by atoms with Gasteiger partial charge < -0.3 is 14.8 Å². The first-order valence-electron chi connectivity index (χ1n) is 6.51. The Kier molecular flexibility index (Phi) is 4.57. The van der Waals surface area contributed by atoms with Gasteiger partial charge in [0.2, 0.25) is 5.76 Å². The van der Waals surface area contributed by atoms with Crippen LogP contribution < -0.4 is 5.32 Å². The quantitative estimate of drug-likeness (QED) is 0.856. The zero-order chi connectivity index (χ0) is 14.7. The fourth-order valence-corrected chi connectivity index (χ4v) is 2.76. The molecular formula is C14H18N2O3S. The van der Waals surface area contributed by atoms with Crippen molar-refractivity contribution in [1.82, 2.24) is 10.3 Å². The number of aromatic nitrogens is 1. The van der Waals surface area contributed by atoms with Crippen LogP contribution >= 0.6 is 11.3 Å². The standard InChI is InChI=1S/C14H18N2O3S/c1-4-11-7-16-13(20-11)9(3)15-6-10-5-8(2)12(19-10)14(17)18/h5,7,9,15H,4,6H2,1-3H3,(H,17,18). The third-order valence-corrected chi connectivity index (χ3v) is 4.36. The first kappa shape index (κ1) is 14.7. The number of hydrogen-bond acceptors (Lipinski definition) is 5. The van der Waals surface area contributed by atoms with Gasteiger partial charge in [0, 0.05) is 16.6 Å². The predicted octanol–water partition coefficient (Wildman–Crippen LogP) is 3.16. The molecule has 0 saturated carbocycles. The van der Waals surface area contributed by atoms with Crippen LogP contribution in [0.5, 0.6) is 0 Å². The first-order chi connectivity index (χ1) is 9.51. The number of thiazole rings is 1. The Morgan fingerprint density at radius 2 is 2.35 bits per heavy atom. The second-order valence-electron chi connectivity index (χ2n) is 4.65. The summed E-state index contributed by atoms with van der Waals surface area (Å²) in [6.07, 6.45) is 2.89. The average Bonchev–Trinajstić information content (AvgIpc) is 3.02. The van der Waals surface area contributed by atoms with E-state index in [0.717, 1.165) is 11.4 Å². The number of rotatable bonds is 6. The van der Waals surface area contributed by atoms with Crippen LogP contribution in [-0.4, -0.2) is 16.1 Å². The molecule has 108 valence electrons. The van der Waals surface area contributed by atoms with Gasteiger partial charge in [0.15, 0.2) is 0 Å². The summed E-state index contributed by atoms with van der Waals surface area (Å²) in [5.41, 5.74) is 0.643. The molecule has 2 aromatic heterocycles. The van der Waals surface area contributed by atoms with Crippen molar-refractivity contribution in [2.24, 2.45) is 0 Å². The first-order valence-corrected chi connectivity index (χ1v) is 7.33. The Labute approximate surface area is 121 Å². The minimum Gasteiger partial charge on any atom is -0.475 e. The van der Waals surface area contributed by atoms with E-state index in [2.05, 4.69) is 17.2 Å². The summed E-state index contributed by atoms with van der Waals surface area (Å²) in [6, 6.07) is 1.86. The number of carbonyl (C=O) groups is 1. The minimum absolute atomic E-state index is 0.0111. The highest BCUT2D eigenvalue weighted by molar-refractivity contribution is 7.11. The van der Waals surface area contributed by atoms with Crippen molar-refractivity contribution in [3.63, 3.8) is 0 Å². The number of nitrogens with zero attached hydrogens (tertiary/aromatic N) is 1. The molecule has 0 fully saturated rings. The lowest BCUT2D eigenvalue weighted by Crippen LogP contribution is -2.17. The van der Waals surface area contributed by atoms with Gasteiger partial charge >= 0.3 is 5.97 Å².